The van der Waals surface area contributed by atoms with Crippen molar-refractivity contribution in [2.45, 2.75) is 0 Å². The molecule has 0 amide bonds. The first-order valence-corrected chi connectivity index (χ1v) is 0. The minimum absolute atomic E-state index is 0. The minimum Gasteiger partial charge on any atom is -2.00 e. The molecular weight excluding hydrogens is 782 g/mol. The Hall–Kier alpha value is 8.11. The third kappa shape index (κ3) is 179. The number of hydrogen-bond acceptors (Lipinski definition) is 0. The predicted octanol–water partition coefficient (Wildman–Crippen LogP) is -13.8. The van der Waals surface area contributed by atoms with E-state index in [1.807, 2.05) is 0 Å². The van der Waals surface area contributed by atoms with Gasteiger partial charge in [0.05, 0.1) is 0 Å². The summed E-state index contributed by atoms with van der Waals surface area (Å²) >= 11 is 0. The third-order valence-corrected chi connectivity index (χ3v) is 0. The van der Waals surface area contributed by atoms with E-state index in [4.69, 9.17) is 0 Å². The molecule has 0 atom stereocenters. The van der Waals surface area contributed by atoms with Gasteiger partial charge in [-0.3, -0.25) is 0 Å². The fourth-order valence-electron chi connectivity index (χ4n) is 0. The molecule has 0 aliphatic rings. The molecule has 0 aromatic heterocycles. The van der Waals surface area contributed by atoms with Gasteiger partial charge in [0, 0.05) is 0 Å². The fraction of sp³-hybridized carbons (Fsp3) is 0. The Bertz CT molecular complexity index is 33.0. The average molecular weight is 782 g/mol. The van der Waals surface area contributed by atoms with Crippen molar-refractivity contribution in [3.63, 3.8) is 0 Å². The normalized spacial score (nSPS) is 0. The topological polar surface area (TPSA) is 256 Å². The molecule has 9 nitrogen and oxygen atoms in total. The smallest absolute Gasteiger partial charge is 2.00 e. The standard InChI is InChI=1S/2Bi.2K.2Na.9O.2Ti/q2*+3;4*+1;9*-2;2*+4. The number of rotatable bonds is 0. The molecule has 17 heteroatoms. The molecule has 0 unspecified atom stereocenters. The van der Waals surface area contributed by atoms with Crippen molar-refractivity contribution in [2.75, 3.05) is 0 Å². The van der Waals surface area contributed by atoms with Crippen LogP contribution in [0.4, 0.5) is 0 Å². The van der Waals surface area contributed by atoms with Crippen LogP contribution >= 0.6 is 0 Å². The van der Waals surface area contributed by atoms with Crippen LogP contribution in [0.1, 0.15) is 0 Å². The molecule has 0 rings (SSSR count). The van der Waals surface area contributed by atoms with Crippen molar-refractivity contribution in [1.82, 2.24) is 0 Å². The van der Waals surface area contributed by atoms with Gasteiger partial charge in [0.25, 0.3) is 0 Å². The summed E-state index contributed by atoms with van der Waals surface area (Å²) in [6, 6.07) is 0. The van der Waals surface area contributed by atoms with E-state index in [1.54, 1.807) is 0 Å². The second-order valence-electron chi connectivity index (χ2n) is 0. The zero-order chi connectivity index (χ0) is 0. The first-order valence-electron chi connectivity index (χ1n) is 0. The van der Waals surface area contributed by atoms with E-state index in [0.29, 0.717) is 0 Å². The Balaban J connectivity index is 0. The maximum atomic E-state index is 0. The van der Waals surface area contributed by atoms with Crippen LogP contribution in [0.3, 0.4) is 0 Å². The Morgan fingerprint density at radius 3 is 0.294 bits per heavy atom. The minimum atomic E-state index is 0. The van der Waals surface area contributed by atoms with E-state index in [9.17, 15) is 0 Å². The summed E-state index contributed by atoms with van der Waals surface area (Å²) in [5, 5.41) is 0. The molecule has 0 N–H and O–H groups in total. The predicted molar refractivity (Wildman–Crippen MR) is 17.7 cm³/mol. The zero-order valence-electron chi connectivity index (χ0n) is 9.57. The molecule has 0 heterocycles. The van der Waals surface area contributed by atoms with E-state index in [-0.39, 0.29) is 307 Å². The Kier molecular flexibility index (Phi) is 2560. The van der Waals surface area contributed by atoms with Gasteiger partial charge in [-0.1, -0.05) is 0 Å². The van der Waals surface area contributed by atoms with Crippen molar-refractivity contribution in [1.29, 1.82) is 0 Å². The number of hydrogen-bond donors (Lipinski definition) is 0. The van der Waals surface area contributed by atoms with Crippen molar-refractivity contribution in [3.05, 3.63) is 0 Å². The molecule has 17 heavy (non-hydrogen) atoms. The summed E-state index contributed by atoms with van der Waals surface area (Å²) in [5.41, 5.74) is 0. The molecule has 4 radical (unpaired) electrons. The molecule has 0 saturated carbocycles. The fourth-order valence-corrected chi connectivity index (χ4v) is 0. The van der Waals surface area contributed by atoms with E-state index in [2.05, 4.69) is 0 Å². The van der Waals surface area contributed by atoms with Crippen LogP contribution < -0.4 is 162 Å². The first-order chi connectivity index (χ1) is 0. The summed E-state index contributed by atoms with van der Waals surface area (Å²) < 4.78 is 0. The Labute approximate surface area is 298 Å². The second-order valence-corrected chi connectivity index (χ2v) is 0. The van der Waals surface area contributed by atoms with Crippen LogP contribution in [0.2, 0.25) is 0 Å². The molecule has 0 aliphatic heterocycles. The molecule has 0 spiro atoms. The molecule has 0 aromatic carbocycles. The maximum absolute atomic E-state index is 0. The van der Waals surface area contributed by atoms with Crippen LogP contribution in [0.25, 0.3) is 0 Å². The summed E-state index contributed by atoms with van der Waals surface area (Å²) in [6.07, 6.45) is 0. The van der Waals surface area contributed by atoms with E-state index >= 15 is 0 Å². The van der Waals surface area contributed by atoms with E-state index in [0.717, 1.165) is 0 Å². The van der Waals surface area contributed by atoms with Gasteiger partial charge < -0.3 is 49.3 Å². The zero-order valence-corrected chi connectivity index (χ0v) is 29.9. The molecule has 0 fully saturated rings. The van der Waals surface area contributed by atoms with Gasteiger partial charge in [0.1, 0.15) is 0 Å². The molecule has 0 bridgehead atoms. The van der Waals surface area contributed by atoms with Crippen molar-refractivity contribution >= 4 is 52.4 Å². The molecular formula is Bi2K2Na2O9Ti2. The third-order valence-electron chi connectivity index (χ3n) is 0. The summed E-state index contributed by atoms with van der Waals surface area (Å²) in [6.45, 7) is 0. The molecule has 0 aliphatic carbocycles. The van der Waals surface area contributed by atoms with E-state index in [1.165, 1.54) is 0 Å². The van der Waals surface area contributed by atoms with Crippen molar-refractivity contribution in [2.24, 2.45) is 0 Å². The van der Waals surface area contributed by atoms with Crippen LogP contribution in [0.5, 0.6) is 0 Å². The van der Waals surface area contributed by atoms with Crippen molar-refractivity contribution < 1.29 is 255 Å². The quantitative estimate of drug-likeness (QED) is 0.208. The summed E-state index contributed by atoms with van der Waals surface area (Å²) in [7, 11) is 0. The summed E-state index contributed by atoms with van der Waals surface area (Å²) in [4.78, 5) is 0. The van der Waals surface area contributed by atoms with Gasteiger partial charge in [-0.05, 0) is 0 Å². The maximum Gasteiger partial charge on any atom is 4.00 e. The molecule has 0 aromatic rings. The van der Waals surface area contributed by atoms with Crippen molar-refractivity contribution in [3.8, 4) is 0 Å². The summed E-state index contributed by atoms with van der Waals surface area (Å²) in [5.74, 6) is 0. The van der Waals surface area contributed by atoms with Gasteiger partial charge in [0.15, 0.2) is 0 Å². The molecule has 0 saturated heterocycles. The first kappa shape index (κ1) is 222. The Morgan fingerprint density at radius 2 is 0.294 bits per heavy atom. The second kappa shape index (κ2) is 196. The van der Waals surface area contributed by atoms with Crippen LogP contribution in [0, 0.1) is 0 Å². The average Bonchev–Trinajstić information content (AvgIpc) is 0. The van der Waals surface area contributed by atoms with Gasteiger partial charge in [-0.15, -0.1) is 0 Å². The molecule has 76 valence electrons. The van der Waals surface area contributed by atoms with Gasteiger partial charge >= 0.3 is 258 Å². The van der Waals surface area contributed by atoms with Crippen LogP contribution in [-0.2, 0) is 92.7 Å². The monoisotopic (exact) mass is 782 g/mol. The SMILES string of the molecule is [Bi+3].[Bi+3].[K+].[K+].[Na+].[Na+].[O-2].[O-2].[O-2].[O-2].[O-2].[O-2].[O-2].[O-2].[O-2].[Ti+4].[Ti+4]. The van der Waals surface area contributed by atoms with Gasteiger partial charge in [-0.25, -0.2) is 0 Å². The Morgan fingerprint density at radius 1 is 0.294 bits per heavy atom. The van der Waals surface area contributed by atoms with Gasteiger partial charge in [0.2, 0.25) is 0 Å². The van der Waals surface area contributed by atoms with Crippen LogP contribution in [0.15, 0.2) is 0 Å². The van der Waals surface area contributed by atoms with Gasteiger partial charge in [-0.2, -0.15) is 0 Å². The van der Waals surface area contributed by atoms with E-state index < -0.39 is 0 Å². The largest absolute Gasteiger partial charge is 4.00 e. The van der Waals surface area contributed by atoms with Crippen LogP contribution in [-0.4, -0.2) is 52.4 Å².